The van der Waals surface area contributed by atoms with Crippen molar-refractivity contribution in [3.05, 3.63) is 83.7 Å². The van der Waals surface area contributed by atoms with Crippen LogP contribution in [-0.4, -0.2) is 51.5 Å². The van der Waals surface area contributed by atoms with Gasteiger partial charge in [0.1, 0.15) is 23.9 Å². The molecule has 1 heterocycles. The molecule has 0 aliphatic heterocycles. The van der Waals surface area contributed by atoms with Crippen LogP contribution in [0, 0.1) is 5.82 Å². The average molecular weight is 548 g/mol. The molecule has 4 rings (SSSR count). The number of hydrogen-bond donors (Lipinski definition) is 1. The minimum absolute atomic E-state index is 0.0246. The molecule has 3 aromatic carbocycles. The Morgan fingerprint density at radius 2 is 1.75 bits per heavy atom. The van der Waals surface area contributed by atoms with Crippen molar-refractivity contribution in [2.45, 2.75) is 51.9 Å². The summed E-state index contributed by atoms with van der Waals surface area (Å²) in [4.78, 5) is 29.7. The van der Waals surface area contributed by atoms with E-state index in [0.29, 0.717) is 40.1 Å². The van der Waals surface area contributed by atoms with Gasteiger partial charge in [-0.2, -0.15) is 0 Å². The molecule has 210 valence electrons. The summed E-state index contributed by atoms with van der Waals surface area (Å²) in [7, 11) is 2.99. The van der Waals surface area contributed by atoms with Crippen molar-refractivity contribution < 1.29 is 23.5 Å². The number of halogens is 1. The summed E-state index contributed by atoms with van der Waals surface area (Å²) >= 11 is 0. The number of nitrogens with one attached hydrogen (secondary N) is 1. The Kier molecular flexibility index (Phi) is 8.67. The molecule has 0 saturated heterocycles. The highest BCUT2D eigenvalue weighted by molar-refractivity contribution is 5.90. The van der Waals surface area contributed by atoms with E-state index in [0.717, 1.165) is 0 Å². The summed E-state index contributed by atoms with van der Waals surface area (Å²) in [5.74, 6) is -0.424. The van der Waals surface area contributed by atoms with Gasteiger partial charge in [0.2, 0.25) is 11.8 Å². The molecule has 40 heavy (non-hydrogen) atoms. The molecule has 1 atom stereocenters. The summed E-state index contributed by atoms with van der Waals surface area (Å²) < 4.78 is 26.5. The molecule has 9 nitrogen and oxygen atoms in total. The van der Waals surface area contributed by atoms with Gasteiger partial charge < -0.3 is 19.7 Å². The van der Waals surface area contributed by atoms with Crippen LogP contribution in [0.15, 0.2) is 66.7 Å². The quantitative estimate of drug-likeness (QED) is 0.293. The predicted octanol–water partition coefficient (Wildman–Crippen LogP) is 4.66. The average Bonchev–Trinajstić information content (AvgIpc) is 3.35. The standard InChI is InChI=1S/C30H34FN5O4/c1-6-30(2,3)32-29(38)27(22-10-9-13-25(39-4)28(22)40-5)35(18-20-14-16-21(31)17-15-20)26(37)19-36-24-12-8-7-11-23(24)33-34-36/h7-17,27H,6,18-19H2,1-5H3,(H,32,38). The second-order valence-corrected chi connectivity index (χ2v) is 10.1. The Morgan fingerprint density at radius 1 is 1.02 bits per heavy atom. The third-order valence-electron chi connectivity index (χ3n) is 6.93. The Hall–Kier alpha value is -4.47. The third-order valence-corrected chi connectivity index (χ3v) is 6.93. The van der Waals surface area contributed by atoms with E-state index in [1.807, 2.05) is 45.0 Å². The monoisotopic (exact) mass is 547 g/mol. The number of nitrogens with zero attached hydrogens (tertiary/aromatic N) is 4. The van der Waals surface area contributed by atoms with Gasteiger partial charge in [-0.3, -0.25) is 9.59 Å². The van der Waals surface area contributed by atoms with Crippen LogP contribution in [0.3, 0.4) is 0 Å². The number of rotatable bonds is 11. The van der Waals surface area contributed by atoms with E-state index in [4.69, 9.17) is 9.47 Å². The number of carbonyl (C=O) groups excluding carboxylic acids is 2. The number of methoxy groups -OCH3 is 2. The second kappa shape index (κ2) is 12.1. The molecular formula is C30H34FN5O4. The first kappa shape index (κ1) is 28.5. The van der Waals surface area contributed by atoms with Crippen LogP contribution in [0.1, 0.15) is 44.4 Å². The lowest BCUT2D eigenvalue weighted by molar-refractivity contribution is -0.143. The van der Waals surface area contributed by atoms with Crippen LogP contribution >= 0.6 is 0 Å². The van der Waals surface area contributed by atoms with Gasteiger partial charge in [-0.1, -0.05) is 48.5 Å². The molecule has 1 aromatic heterocycles. The van der Waals surface area contributed by atoms with E-state index in [-0.39, 0.29) is 19.0 Å². The molecule has 0 aliphatic rings. The second-order valence-electron chi connectivity index (χ2n) is 10.1. The van der Waals surface area contributed by atoms with E-state index in [1.54, 1.807) is 30.3 Å². The fourth-order valence-electron chi connectivity index (χ4n) is 4.43. The lowest BCUT2D eigenvalue weighted by Crippen LogP contribution is -2.50. The highest BCUT2D eigenvalue weighted by Crippen LogP contribution is 2.38. The van der Waals surface area contributed by atoms with Gasteiger partial charge in [0.15, 0.2) is 11.5 Å². The fourth-order valence-corrected chi connectivity index (χ4v) is 4.43. The van der Waals surface area contributed by atoms with E-state index in [9.17, 15) is 14.0 Å². The molecule has 2 amide bonds. The minimum atomic E-state index is -1.11. The van der Waals surface area contributed by atoms with E-state index in [2.05, 4.69) is 15.6 Å². The number of ether oxygens (including phenoxy) is 2. The lowest BCUT2D eigenvalue weighted by atomic mass is 9.97. The number of hydrogen-bond acceptors (Lipinski definition) is 6. The minimum Gasteiger partial charge on any atom is -0.493 e. The molecule has 0 fully saturated rings. The molecule has 0 spiro atoms. The number of aromatic nitrogens is 3. The summed E-state index contributed by atoms with van der Waals surface area (Å²) in [6, 6.07) is 17.2. The number of carbonyl (C=O) groups is 2. The Bertz CT molecular complexity index is 1490. The van der Waals surface area contributed by atoms with Crippen LogP contribution in [0.4, 0.5) is 4.39 Å². The van der Waals surface area contributed by atoms with E-state index in [1.165, 1.54) is 35.9 Å². The van der Waals surface area contributed by atoms with Gasteiger partial charge in [-0.25, -0.2) is 9.07 Å². The van der Waals surface area contributed by atoms with Gasteiger partial charge in [-0.15, -0.1) is 5.10 Å². The maximum absolute atomic E-state index is 14.1. The maximum Gasteiger partial charge on any atom is 0.248 e. The maximum atomic E-state index is 14.1. The number of amides is 2. The number of para-hydroxylation sites is 2. The highest BCUT2D eigenvalue weighted by Gasteiger charge is 2.37. The van der Waals surface area contributed by atoms with E-state index < -0.39 is 23.3 Å². The van der Waals surface area contributed by atoms with Crippen LogP contribution in [-0.2, 0) is 22.7 Å². The molecule has 0 saturated carbocycles. The molecule has 1 unspecified atom stereocenters. The van der Waals surface area contributed by atoms with Gasteiger partial charge in [0.05, 0.1) is 19.7 Å². The molecule has 1 N–H and O–H groups in total. The molecule has 10 heteroatoms. The normalized spacial score (nSPS) is 12.2. The molecule has 4 aromatic rings. The Labute approximate surface area is 232 Å². The SMILES string of the molecule is CCC(C)(C)NC(=O)C(c1cccc(OC)c1OC)N(Cc1ccc(F)cc1)C(=O)Cn1nnc2ccccc21. The molecule has 0 bridgehead atoms. The highest BCUT2D eigenvalue weighted by atomic mass is 19.1. The topological polar surface area (TPSA) is 98.6 Å². The van der Waals surface area contributed by atoms with E-state index >= 15 is 0 Å². The Balaban J connectivity index is 1.85. The molecule has 0 aliphatic carbocycles. The predicted molar refractivity (Wildman–Crippen MR) is 149 cm³/mol. The van der Waals surface area contributed by atoms with Crippen LogP contribution in [0.2, 0.25) is 0 Å². The smallest absolute Gasteiger partial charge is 0.248 e. The van der Waals surface area contributed by atoms with Gasteiger partial charge in [-0.05, 0) is 56.2 Å². The largest absolute Gasteiger partial charge is 0.493 e. The van der Waals surface area contributed by atoms with Crippen LogP contribution < -0.4 is 14.8 Å². The van der Waals surface area contributed by atoms with Crippen molar-refractivity contribution in [3.8, 4) is 11.5 Å². The first-order valence-electron chi connectivity index (χ1n) is 13.0. The summed E-state index contributed by atoms with van der Waals surface area (Å²) in [6.45, 7) is 5.65. The number of benzene rings is 3. The first-order valence-corrected chi connectivity index (χ1v) is 13.0. The first-order chi connectivity index (χ1) is 19.2. The van der Waals surface area contributed by atoms with Gasteiger partial charge in [0.25, 0.3) is 0 Å². The van der Waals surface area contributed by atoms with Crippen molar-refractivity contribution in [2.24, 2.45) is 0 Å². The summed E-state index contributed by atoms with van der Waals surface area (Å²) in [5.41, 5.74) is 1.88. The summed E-state index contributed by atoms with van der Waals surface area (Å²) in [5, 5.41) is 11.4. The van der Waals surface area contributed by atoms with Crippen LogP contribution in [0.25, 0.3) is 11.0 Å². The molecular weight excluding hydrogens is 513 g/mol. The van der Waals surface area contributed by atoms with Crippen molar-refractivity contribution in [1.82, 2.24) is 25.2 Å². The van der Waals surface area contributed by atoms with Gasteiger partial charge in [0, 0.05) is 17.6 Å². The third kappa shape index (κ3) is 6.22. The zero-order chi connectivity index (χ0) is 28.9. The lowest BCUT2D eigenvalue weighted by Gasteiger charge is -2.35. The zero-order valence-electron chi connectivity index (χ0n) is 23.3. The fraction of sp³-hybridized carbons (Fsp3) is 0.333. The van der Waals surface area contributed by atoms with Crippen molar-refractivity contribution >= 4 is 22.8 Å². The number of fused-ring (bicyclic) bond motifs is 1. The zero-order valence-corrected chi connectivity index (χ0v) is 23.3. The van der Waals surface area contributed by atoms with Crippen molar-refractivity contribution in [3.63, 3.8) is 0 Å². The van der Waals surface area contributed by atoms with Crippen molar-refractivity contribution in [1.29, 1.82) is 0 Å². The Morgan fingerprint density at radius 3 is 2.42 bits per heavy atom. The molecule has 0 radical (unpaired) electrons. The summed E-state index contributed by atoms with van der Waals surface area (Å²) in [6.07, 6.45) is 0.664. The van der Waals surface area contributed by atoms with Crippen LogP contribution in [0.5, 0.6) is 11.5 Å². The van der Waals surface area contributed by atoms with Gasteiger partial charge >= 0.3 is 0 Å². The van der Waals surface area contributed by atoms with Crippen molar-refractivity contribution in [2.75, 3.05) is 14.2 Å².